The molecule has 168 valence electrons. The van der Waals surface area contributed by atoms with Gasteiger partial charge in [0.25, 0.3) is 5.91 Å². The molecule has 3 aromatic heterocycles. The van der Waals surface area contributed by atoms with Crippen LogP contribution in [-0.2, 0) is 4.79 Å². The fourth-order valence-electron chi connectivity index (χ4n) is 3.21. The average Bonchev–Trinajstić information content (AvgIpc) is 3.65. The summed E-state index contributed by atoms with van der Waals surface area (Å²) < 4.78 is 3.23. The van der Waals surface area contributed by atoms with Crippen LogP contribution < -0.4 is 10.6 Å². The first-order chi connectivity index (χ1) is 16.7. The lowest BCUT2D eigenvalue weighted by molar-refractivity contribution is -0.115. The highest BCUT2D eigenvalue weighted by atomic mass is 32.1. The summed E-state index contributed by atoms with van der Waals surface area (Å²) in [6, 6.07) is 20.4. The van der Waals surface area contributed by atoms with E-state index in [1.165, 1.54) is 17.7 Å². The zero-order valence-electron chi connectivity index (χ0n) is 17.7. The van der Waals surface area contributed by atoms with Crippen LogP contribution in [0, 0.1) is 0 Å². The summed E-state index contributed by atoms with van der Waals surface area (Å²) in [4.78, 5) is 34.3. The Bertz CT molecular complexity index is 1400. The number of anilines is 1. The van der Waals surface area contributed by atoms with Gasteiger partial charge in [-0.3, -0.25) is 9.59 Å². The van der Waals surface area contributed by atoms with Gasteiger partial charge in [0.1, 0.15) is 12.7 Å². The Hall–Kier alpha value is -4.64. The van der Waals surface area contributed by atoms with E-state index in [2.05, 4.69) is 30.8 Å². The van der Waals surface area contributed by atoms with Crippen molar-refractivity contribution in [2.45, 2.75) is 0 Å². The molecular formula is C23H18N8O2S. The maximum absolute atomic E-state index is 12.7. The third-order valence-electron chi connectivity index (χ3n) is 4.80. The average molecular weight is 471 g/mol. The molecule has 0 fully saturated rings. The number of carbonyl (C=O) groups excluding carboxylic acids is 2. The molecule has 0 saturated carbocycles. The van der Waals surface area contributed by atoms with Crippen LogP contribution in [0.4, 0.5) is 5.69 Å². The Kier molecular flexibility index (Phi) is 5.91. The lowest BCUT2D eigenvalue weighted by atomic mass is 10.3. The number of hydrogen-bond donors (Lipinski definition) is 2. The van der Waals surface area contributed by atoms with Gasteiger partial charge in [-0.1, -0.05) is 24.3 Å². The first kappa shape index (κ1) is 21.2. The number of carbonyl (C=O) groups is 2. The number of nitrogens with zero attached hydrogens (tertiary/aromatic N) is 6. The number of benzene rings is 2. The van der Waals surface area contributed by atoms with Crippen LogP contribution in [0.3, 0.4) is 0 Å². The predicted molar refractivity (Wildman–Crippen MR) is 127 cm³/mol. The van der Waals surface area contributed by atoms with E-state index < -0.39 is 5.91 Å². The van der Waals surface area contributed by atoms with E-state index in [0.29, 0.717) is 11.5 Å². The van der Waals surface area contributed by atoms with Gasteiger partial charge in [-0.15, -0.1) is 16.4 Å². The van der Waals surface area contributed by atoms with Gasteiger partial charge in [-0.05, 0) is 47.8 Å². The number of hydrogen-bond acceptors (Lipinski definition) is 7. The molecule has 0 saturated heterocycles. The van der Waals surface area contributed by atoms with Crippen molar-refractivity contribution in [1.82, 2.24) is 34.8 Å². The molecule has 34 heavy (non-hydrogen) atoms. The molecule has 10 nitrogen and oxygen atoms in total. The lowest BCUT2D eigenvalue weighted by Gasteiger charge is -2.07. The van der Waals surface area contributed by atoms with Crippen molar-refractivity contribution in [2.75, 3.05) is 11.9 Å². The Morgan fingerprint density at radius 1 is 0.941 bits per heavy atom. The van der Waals surface area contributed by atoms with Crippen LogP contribution >= 0.6 is 11.3 Å². The van der Waals surface area contributed by atoms with Crippen LogP contribution in [0.25, 0.3) is 22.1 Å². The Morgan fingerprint density at radius 2 is 1.76 bits per heavy atom. The van der Waals surface area contributed by atoms with Gasteiger partial charge >= 0.3 is 0 Å². The van der Waals surface area contributed by atoms with E-state index in [1.54, 1.807) is 40.0 Å². The minimum absolute atomic E-state index is 0.0164. The van der Waals surface area contributed by atoms with Crippen LogP contribution in [0.5, 0.6) is 0 Å². The SMILES string of the molecule is O=C(CNC(=O)c1nc(-c2cccs2)n(-c2ccccc2)n1)Nc1ccc(-n2cncn2)cc1. The van der Waals surface area contributed by atoms with E-state index >= 15 is 0 Å². The summed E-state index contributed by atoms with van der Waals surface area (Å²) in [6.07, 6.45) is 3.03. The largest absolute Gasteiger partial charge is 0.340 e. The van der Waals surface area contributed by atoms with E-state index in [0.717, 1.165) is 16.3 Å². The van der Waals surface area contributed by atoms with Crippen LogP contribution in [0.15, 0.2) is 84.8 Å². The second kappa shape index (κ2) is 9.46. The highest BCUT2D eigenvalue weighted by Crippen LogP contribution is 2.25. The minimum atomic E-state index is -0.538. The van der Waals surface area contributed by atoms with Crippen molar-refractivity contribution in [1.29, 1.82) is 0 Å². The van der Waals surface area contributed by atoms with Gasteiger partial charge in [0.15, 0.2) is 5.82 Å². The molecule has 2 amide bonds. The van der Waals surface area contributed by atoms with Crippen molar-refractivity contribution in [2.24, 2.45) is 0 Å². The second-order valence-corrected chi connectivity index (χ2v) is 8.05. The number of aromatic nitrogens is 6. The summed E-state index contributed by atoms with van der Waals surface area (Å²) in [6.45, 7) is -0.224. The third-order valence-corrected chi connectivity index (χ3v) is 5.66. The van der Waals surface area contributed by atoms with Crippen LogP contribution in [0.1, 0.15) is 10.6 Å². The summed E-state index contributed by atoms with van der Waals surface area (Å²) in [7, 11) is 0. The molecule has 0 bridgehead atoms. The molecule has 3 heterocycles. The molecule has 2 aromatic carbocycles. The van der Waals surface area contributed by atoms with Gasteiger partial charge in [-0.2, -0.15) is 5.10 Å². The van der Waals surface area contributed by atoms with Crippen molar-refractivity contribution < 1.29 is 9.59 Å². The van der Waals surface area contributed by atoms with Crippen molar-refractivity contribution >= 4 is 28.8 Å². The normalized spacial score (nSPS) is 10.7. The van der Waals surface area contributed by atoms with Crippen molar-refractivity contribution in [3.05, 3.63) is 90.6 Å². The molecule has 2 N–H and O–H groups in total. The Labute approximate surface area is 197 Å². The van der Waals surface area contributed by atoms with Gasteiger partial charge in [0, 0.05) is 5.69 Å². The molecule has 0 atom stereocenters. The molecule has 0 aliphatic rings. The summed E-state index contributed by atoms with van der Waals surface area (Å²) >= 11 is 1.50. The fourth-order valence-corrected chi connectivity index (χ4v) is 3.91. The quantitative estimate of drug-likeness (QED) is 0.377. The fraction of sp³-hybridized carbons (Fsp3) is 0.0435. The molecule has 0 unspecified atom stereocenters. The molecule has 0 aliphatic heterocycles. The number of thiophene rings is 1. The van der Waals surface area contributed by atoms with Crippen LogP contribution in [0.2, 0.25) is 0 Å². The summed E-state index contributed by atoms with van der Waals surface area (Å²) in [5.74, 6) is -0.368. The maximum atomic E-state index is 12.7. The molecule has 0 spiro atoms. The van der Waals surface area contributed by atoms with Gasteiger partial charge < -0.3 is 10.6 Å². The van der Waals surface area contributed by atoms with Gasteiger partial charge in [-0.25, -0.2) is 19.3 Å². The lowest BCUT2D eigenvalue weighted by Crippen LogP contribution is -2.33. The zero-order valence-corrected chi connectivity index (χ0v) is 18.5. The molecule has 5 rings (SSSR count). The van der Waals surface area contributed by atoms with E-state index in [-0.39, 0.29) is 18.3 Å². The standard InChI is InChI=1S/C23H18N8O2S/c32-20(27-16-8-10-17(11-9-16)30-15-24-14-26-30)13-25-23(33)21-28-22(19-7-4-12-34-19)31(29-21)18-5-2-1-3-6-18/h1-12,14-15H,13H2,(H,25,33)(H,27,32). The molecule has 5 aromatic rings. The number of amides is 2. The number of rotatable bonds is 7. The third kappa shape index (κ3) is 4.59. The Morgan fingerprint density at radius 3 is 2.47 bits per heavy atom. The predicted octanol–water partition coefficient (Wildman–Crippen LogP) is 2.95. The summed E-state index contributed by atoms with van der Waals surface area (Å²) in [5.41, 5.74) is 2.18. The second-order valence-electron chi connectivity index (χ2n) is 7.10. The van der Waals surface area contributed by atoms with Gasteiger partial charge in [0.2, 0.25) is 11.7 Å². The minimum Gasteiger partial charge on any atom is -0.340 e. The first-order valence-electron chi connectivity index (χ1n) is 10.3. The highest BCUT2D eigenvalue weighted by Gasteiger charge is 2.19. The smallest absolute Gasteiger partial charge is 0.291 e. The van der Waals surface area contributed by atoms with E-state index in [9.17, 15) is 9.59 Å². The molecular weight excluding hydrogens is 452 g/mol. The molecule has 0 radical (unpaired) electrons. The maximum Gasteiger partial charge on any atom is 0.291 e. The zero-order chi connectivity index (χ0) is 23.3. The van der Waals surface area contributed by atoms with E-state index in [4.69, 9.17) is 0 Å². The van der Waals surface area contributed by atoms with Crippen molar-refractivity contribution in [3.63, 3.8) is 0 Å². The monoisotopic (exact) mass is 470 g/mol. The van der Waals surface area contributed by atoms with Crippen LogP contribution in [-0.4, -0.2) is 47.9 Å². The number of para-hydroxylation sites is 1. The highest BCUT2D eigenvalue weighted by molar-refractivity contribution is 7.13. The molecule has 11 heteroatoms. The van der Waals surface area contributed by atoms with Crippen molar-refractivity contribution in [3.8, 4) is 22.1 Å². The molecule has 0 aliphatic carbocycles. The Balaban J connectivity index is 1.25. The van der Waals surface area contributed by atoms with E-state index in [1.807, 2.05) is 47.8 Å². The van der Waals surface area contributed by atoms with Gasteiger partial charge in [0.05, 0.1) is 22.8 Å². The summed E-state index contributed by atoms with van der Waals surface area (Å²) in [5, 5.41) is 15.7. The first-order valence-corrected chi connectivity index (χ1v) is 11.1. The number of nitrogens with one attached hydrogen (secondary N) is 2. The topological polar surface area (TPSA) is 120 Å².